The molecule has 0 aliphatic carbocycles. The van der Waals surface area contributed by atoms with Crippen LogP contribution in [0.25, 0.3) is 0 Å². The number of benzene rings is 1. The van der Waals surface area contributed by atoms with Crippen LogP contribution in [0.15, 0.2) is 35.5 Å². The molecular formula is C11H13N5O2S2. The van der Waals surface area contributed by atoms with E-state index in [9.17, 15) is 8.42 Å². The van der Waals surface area contributed by atoms with Gasteiger partial charge in [-0.15, -0.1) is 10.2 Å². The van der Waals surface area contributed by atoms with Crippen LogP contribution in [-0.4, -0.2) is 28.2 Å². The predicted octanol–water partition coefficient (Wildman–Crippen LogP) is -0.0722. The molecule has 0 aliphatic heterocycles. The first kappa shape index (κ1) is 14.6. The summed E-state index contributed by atoms with van der Waals surface area (Å²) in [5, 5.41) is 7.48. The lowest BCUT2D eigenvalue weighted by molar-refractivity contribution is 0.577. The average Bonchev–Trinajstić information content (AvgIpc) is 2.82. The Hall–Kier alpha value is -1.84. The number of rotatable bonds is 5. The van der Waals surface area contributed by atoms with Crippen LogP contribution in [0.1, 0.15) is 11.4 Å². The van der Waals surface area contributed by atoms with Gasteiger partial charge in [-0.2, -0.15) is 0 Å². The van der Waals surface area contributed by atoms with Gasteiger partial charge in [0.25, 0.3) is 0 Å². The van der Waals surface area contributed by atoms with Gasteiger partial charge >= 0.3 is 0 Å². The smallest absolute Gasteiger partial charge is 0.240 e. The van der Waals surface area contributed by atoms with Crippen molar-refractivity contribution < 1.29 is 8.42 Å². The van der Waals surface area contributed by atoms with Gasteiger partial charge in [-0.05, 0) is 12.1 Å². The van der Waals surface area contributed by atoms with Gasteiger partial charge in [0, 0.05) is 12.6 Å². The second kappa shape index (κ2) is 5.65. The highest BCUT2D eigenvalue weighted by atomic mass is 32.2. The van der Waals surface area contributed by atoms with Crippen molar-refractivity contribution in [3.05, 3.63) is 42.0 Å². The second-order valence-corrected chi connectivity index (χ2v) is 6.28. The van der Waals surface area contributed by atoms with E-state index in [0.29, 0.717) is 11.4 Å². The van der Waals surface area contributed by atoms with Crippen LogP contribution in [0, 0.1) is 0 Å². The molecule has 0 unspecified atom stereocenters. The quantitative estimate of drug-likeness (QED) is 0.749. The zero-order valence-electron chi connectivity index (χ0n) is 10.6. The normalized spacial score (nSPS) is 11.4. The summed E-state index contributed by atoms with van der Waals surface area (Å²) in [5.74, 6) is 0.513. The third-order valence-electron chi connectivity index (χ3n) is 2.65. The molecule has 0 atom stereocenters. The van der Waals surface area contributed by atoms with E-state index in [4.69, 9.17) is 18.0 Å². The fourth-order valence-corrected chi connectivity index (χ4v) is 2.68. The lowest BCUT2D eigenvalue weighted by atomic mass is 10.2. The van der Waals surface area contributed by atoms with E-state index in [2.05, 4.69) is 14.9 Å². The van der Waals surface area contributed by atoms with Crippen molar-refractivity contribution in [2.75, 3.05) is 0 Å². The molecule has 9 heteroatoms. The molecule has 2 rings (SSSR count). The molecule has 0 amide bonds. The summed E-state index contributed by atoms with van der Waals surface area (Å²) in [7, 11) is -1.92. The third-order valence-corrected chi connectivity index (χ3v) is 4.29. The molecule has 2 aromatic rings. The van der Waals surface area contributed by atoms with Crippen LogP contribution in [0.3, 0.4) is 0 Å². The molecule has 0 bridgehead atoms. The van der Waals surface area contributed by atoms with E-state index in [-0.39, 0.29) is 16.4 Å². The van der Waals surface area contributed by atoms with Gasteiger partial charge in [0.1, 0.15) is 17.1 Å². The summed E-state index contributed by atoms with van der Waals surface area (Å²) in [4.78, 5) is 0.250. The van der Waals surface area contributed by atoms with Gasteiger partial charge in [-0.3, -0.25) is 0 Å². The van der Waals surface area contributed by atoms with Crippen molar-refractivity contribution in [3.8, 4) is 0 Å². The van der Waals surface area contributed by atoms with Crippen molar-refractivity contribution in [2.45, 2.75) is 11.4 Å². The molecule has 106 valence electrons. The Bertz CT molecular complexity index is 739. The van der Waals surface area contributed by atoms with E-state index in [1.807, 2.05) is 0 Å². The van der Waals surface area contributed by atoms with Crippen molar-refractivity contribution in [3.63, 3.8) is 0 Å². The van der Waals surface area contributed by atoms with Crippen molar-refractivity contribution in [2.24, 2.45) is 12.8 Å². The van der Waals surface area contributed by atoms with Crippen LogP contribution >= 0.6 is 12.2 Å². The number of nitrogens with zero attached hydrogens (tertiary/aromatic N) is 3. The van der Waals surface area contributed by atoms with Crippen molar-refractivity contribution >= 4 is 27.2 Å². The molecule has 7 nitrogen and oxygen atoms in total. The van der Waals surface area contributed by atoms with Gasteiger partial charge < -0.3 is 10.3 Å². The molecule has 3 N–H and O–H groups in total. The number of hydrogen-bond acceptors (Lipinski definition) is 5. The zero-order valence-corrected chi connectivity index (χ0v) is 12.3. The first-order valence-electron chi connectivity index (χ1n) is 5.62. The van der Waals surface area contributed by atoms with E-state index in [1.165, 1.54) is 18.5 Å². The average molecular weight is 311 g/mol. The fourth-order valence-electron chi connectivity index (χ4n) is 1.53. The Morgan fingerprint density at radius 3 is 2.85 bits per heavy atom. The van der Waals surface area contributed by atoms with Gasteiger partial charge in [0.15, 0.2) is 0 Å². The molecule has 0 saturated heterocycles. The Kier molecular flexibility index (Phi) is 4.12. The highest BCUT2D eigenvalue weighted by molar-refractivity contribution is 7.89. The molecule has 1 heterocycles. The number of sulfonamides is 1. The largest absolute Gasteiger partial charge is 0.389 e. The van der Waals surface area contributed by atoms with E-state index in [0.717, 1.165) is 0 Å². The minimum Gasteiger partial charge on any atom is -0.389 e. The van der Waals surface area contributed by atoms with Gasteiger partial charge in [-0.25, -0.2) is 13.1 Å². The van der Waals surface area contributed by atoms with Crippen molar-refractivity contribution in [1.82, 2.24) is 19.5 Å². The molecule has 0 radical (unpaired) electrons. The number of nitrogens with one attached hydrogen (secondary N) is 1. The summed E-state index contributed by atoms with van der Waals surface area (Å²) in [5.41, 5.74) is 5.99. The van der Waals surface area contributed by atoms with Crippen LogP contribution in [0.4, 0.5) is 0 Å². The summed E-state index contributed by atoms with van der Waals surface area (Å²) in [6.07, 6.45) is 1.50. The Morgan fingerprint density at radius 2 is 2.25 bits per heavy atom. The Labute approximate surface area is 121 Å². The molecule has 0 spiro atoms. The summed E-state index contributed by atoms with van der Waals surface area (Å²) >= 11 is 4.83. The van der Waals surface area contributed by atoms with Gasteiger partial charge in [-0.1, -0.05) is 24.4 Å². The Balaban J connectivity index is 2.20. The number of hydrogen-bond donors (Lipinski definition) is 2. The van der Waals surface area contributed by atoms with E-state index in [1.54, 1.807) is 23.7 Å². The number of thiocarbonyl (C=S) groups is 1. The lowest BCUT2D eigenvalue weighted by Gasteiger charge is -2.07. The number of nitrogens with two attached hydrogens (primary N) is 1. The fraction of sp³-hybridized carbons (Fsp3) is 0.182. The van der Waals surface area contributed by atoms with Gasteiger partial charge in [0.2, 0.25) is 10.0 Å². The monoisotopic (exact) mass is 311 g/mol. The topological polar surface area (TPSA) is 103 Å². The van der Waals surface area contributed by atoms with E-state index < -0.39 is 10.0 Å². The summed E-state index contributed by atoms with van der Waals surface area (Å²) < 4.78 is 28.4. The Morgan fingerprint density at radius 1 is 1.50 bits per heavy atom. The molecular weight excluding hydrogens is 298 g/mol. The number of aryl methyl sites for hydroxylation is 1. The second-order valence-electron chi connectivity index (χ2n) is 4.07. The van der Waals surface area contributed by atoms with Crippen LogP contribution in [-0.2, 0) is 23.6 Å². The highest BCUT2D eigenvalue weighted by Gasteiger charge is 2.15. The lowest BCUT2D eigenvalue weighted by Crippen LogP contribution is -2.25. The van der Waals surface area contributed by atoms with Crippen LogP contribution in [0.2, 0.25) is 0 Å². The highest BCUT2D eigenvalue weighted by Crippen LogP contribution is 2.12. The number of aromatic nitrogens is 3. The first-order chi connectivity index (χ1) is 9.40. The van der Waals surface area contributed by atoms with Crippen LogP contribution in [0.5, 0.6) is 0 Å². The van der Waals surface area contributed by atoms with Crippen molar-refractivity contribution in [1.29, 1.82) is 0 Å². The molecule has 1 aromatic heterocycles. The standard InChI is InChI=1S/C11H13N5O2S2/c1-16-7-13-15-10(16)6-14-20(17,18)9-4-2-3-8(5-9)11(12)19/h2-5,7,14H,6H2,1H3,(H2,12,19). The molecule has 20 heavy (non-hydrogen) atoms. The summed E-state index contributed by atoms with van der Waals surface area (Å²) in [6, 6.07) is 6.15. The minimum atomic E-state index is -3.66. The first-order valence-corrected chi connectivity index (χ1v) is 7.52. The molecule has 1 aromatic carbocycles. The molecule has 0 aliphatic rings. The van der Waals surface area contributed by atoms with E-state index >= 15 is 0 Å². The third kappa shape index (κ3) is 3.18. The zero-order chi connectivity index (χ0) is 14.8. The maximum Gasteiger partial charge on any atom is 0.240 e. The maximum absolute atomic E-state index is 12.2. The maximum atomic E-state index is 12.2. The van der Waals surface area contributed by atoms with Crippen LogP contribution < -0.4 is 10.5 Å². The SMILES string of the molecule is Cn1cnnc1CNS(=O)(=O)c1cccc(C(N)=S)c1. The minimum absolute atomic E-state index is 0.0517. The predicted molar refractivity (Wildman–Crippen MR) is 77.4 cm³/mol. The molecule has 0 fully saturated rings. The molecule has 0 saturated carbocycles. The van der Waals surface area contributed by atoms with Gasteiger partial charge in [0.05, 0.1) is 11.4 Å². The summed E-state index contributed by atoms with van der Waals surface area (Å²) in [6.45, 7) is 0.0517.